The van der Waals surface area contributed by atoms with Crippen molar-refractivity contribution < 1.29 is 43.2 Å². The molecular formula is C31H47N9O9S. The smallest absolute Gasteiger partial charge is 0.266 e. The van der Waals surface area contributed by atoms with E-state index in [4.69, 9.17) is 16.3 Å². The Morgan fingerprint density at radius 1 is 0.780 bits per heavy atom. The summed E-state index contributed by atoms with van der Waals surface area (Å²) < 4.78 is 0. The van der Waals surface area contributed by atoms with Gasteiger partial charge in [0.25, 0.3) is 5.91 Å². The first-order valence-corrected chi connectivity index (χ1v) is 17.4. The third kappa shape index (κ3) is 15.2. The van der Waals surface area contributed by atoms with Crippen molar-refractivity contribution in [2.75, 3.05) is 31.7 Å². The van der Waals surface area contributed by atoms with Crippen LogP contribution in [0.2, 0.25) is 0 Å². The van der Waals surface area contributed by atoms with E-state index in [0.717, 1.165) is 0 Å². The minimum Gasteiger partial charge on any atom is -0.370 e. The number of benzene rings is 1. The lowest BCUT2D eigenvalue weighted by atomic mass is 10.1. The van der Waals surface area contributed by atoms with E-state index in [0.29, 0.717) is 30.7 Å². The van der Waals surface area contributed by atoms with Gasteiger partial charge in [0, 0.05) is 6.42 Å². The Morgan fingerprint density at radius 3 is 2.04 bits per heavy atom. The van der Waals surface area contributed by atoms with E-state index in [9.17, 15) is 38.4 Å². The molecule has 1 aliphatic rings. The van der Waals surface area contributed by atoms with E-state index < -0.39 is 97.0 Å². The van der Waals surface area contributed by atoms with E-state index in [1.54, 1.807) is 36.6 Å². The number of unbranched alkanes of at least 4 members (excludes halogenated alkanes) is 1. The number of hydrogen-bond donors (Lipinski definition) is 9. The molecule has 0 bridgehead atoms. The average molecular weight is 722 g/mol. The van der Waals surface area contributed by atoms with Gasteiger partial charge in [0.1, 0.15) is 30.2 Å². The first kappa shape index (κ1) is 41.4. The van der Waals surface area contributed by atoms with Crippen molar-refractivity contribution in [3.8, 4) is 0 Å². The lowest BCUT2D eigenvalue weighted by molar-refractivity contribution is -0.143. The average Bonchev–Trinajstić information content (AvgIpc) is 3.07. The van der Waals surface area contributed by atoms with Crippen LogP contribution in [0, 0.1) is 0 Å². The second-order valence-corrected chi connectivity index (χ2v) is 12.5. The Bertz CT molecular complexity index is 1350. The SMILES string of the molecule is CSCC[C@@H]1NC(=O)[C@H](CC(N)=O)NC(=O)CONC(=O)[C@@H](Cc2ccccc2)NC(=O)CNC(=O)[C@H](C)NC(=O)[C@H](CCCCN)NC1=O. The van der Waals surface area contributed by atoms with Gasteiger partial charge in [-0.05, 0) is 56.7 Å². The largest absolute Gasteiger partial charge is 0.370 e. The van der Waals surface area contributed by atoms with Gasteiger partial charge in [0.15, 0.2) is 6.61 Å². The summed E-state index contributed by atoms with van der Waals surface area (Å²) in [5.74, 6) is -6.06. The number of thioether (sulfide) groups is 1. The summed E-state index contributed by atoms with van der Waals surface area (Å²) in [7, 11) is 0. The molecule has 0 saturated carbocycles. The Kier molecular flexibility index (Phi) is 18.3. The van der Waals surface area contributed by atoms with Gasteiger partial charge < -0.3 is 43.4 Å². The molecule has 18 nitrogen and oxygen atoms in total. The summed E-state index contributed by atoms with van der Waals surface area (Å²) in [4.78, 5) is 108. The molecule has 1 fully saturated rings. The molecule has 276 valence electrons. The maximum atomic E-state index is 13.4. The summed E-state index contributed by atoms with van der Waals surface area (Å²) in [6.07, 6.45) is 2.43. The van der Waals surface area contributed by atoms with Crippen LogP contribution in [0.5, 0.6) is 0 Å². The predicted molar refractivity (Wildman–Crippen MR) is 182 cm³/mol. The van der Waals surface area contributed by atoms with Gasteiger partial charge in [-0.15, -0.1) is 0 Å². The van der Waals surface area contributed by atoms with Crippen molar-refractivity contribution in [1.82, 2.24) is 37.4 Å². The van der Waals surface area contributed by atoms with Gasteiger partial charge in [0.05, 0.1) is 13.0 Å². The molecule has 1 heterocycles. The molecule has 1 saturated heterocycles. The number of amides is 8. The van der Waals surface area contributed by atoms with Crippen LogP contribution < -0.4 is 48.8 Å². The van der Waals surface area contributed by atoms with Crippen LogP contribution in [-0.4, -0.2) is 109 Å². The van der Waals surface area contributed by atoms with E-state index >= 15 is 0 Å². The van der Waals surface area contributed by atoms with Crippen molar-refractivity contribution in [2.24, 2.45) is 11.5 Å². The summed E-state index contributed by atoms with van der Waals surface area (Å²) in [6, 6.07) is 2.51. The van der Waals surface area contributed by atoms with E-state index in [1.165, 1.54) is 18.7 Å². The van der Waals surface area contributed by atoms with Gasteiger partial charge in [-0.1, -0.05) is 30.3 Å². The molecule has 5 atom stereocenters. The fourth-order valence-corrected chi connectivity index (χ4v) is 5.18. The standard InChI is InChI=1S/C31H47N9O9S/c1-18-27(44)34-16-25(42)36-22(14-19-8-4-3-5-9-19)31(48)40-49-17-26(43)37-23(15-24(33)41)30(47)39-21(11-13-50-2)29(46)38-20(28(45)35-18)10-6-7-12-32/h3-5,8-9,18,20-23H,6-7,10-17,32H2,1-2H3,(H2,33,41)(H,34,44)(H,35,45)(H,36,42)(H,37,43)(H,38,46)(H,39,47)(H,40,48)/t18-,20-,21-,22+,23-/m0/s1. The number of hydrogen-bond acceptors (Lipinski definition) is 11. The van der Waals surface area contributed by atoms with Crippen LogP contribution in [0.3, 0.4) is 0 Å². The minimum absolute atomic E-state index is 0.0181. The fourth-order valence-electron chi connectivity index (χ4n) is 4.71. The van der Waals surface area contributed by atoms with Gasteiger partial charge >= 0.3 is 0 Å². The predicted octanol–water partition coefficient (Wildman–Crippen LogP) is -3.39. The highest BCUT2D eigenvalue weighted by atomic mass is 32.2. The zero-order valence-electron chi connectivity index (χ0n) is 28.1. The van der Waals surface area contributed by atoms with Gasteiger partial charge in [-0.2, -0.15) is 11.8 Å². The number of carbonyl (C=O) groups is 8. The van der Waals surface area contributed by atoms with Gasteiger partial charge in [-0.3, -0.25) is 43.2 Å². The van der Waals surface area contributed by atoms with E-state index in [1.807, 2.05) is 0 Å². The number of nitrogens with one attached hydrogen (secondary N) is 7. The molecule has 0 aliphatic carbocycles. The number of hydroxylamine groups is 1. The molecule has 50 heavy (non-hydrogen) atoms. The van der Waals surface area contributed by atoms with Crippen LogP contribution in [0.4, 0.5) is 0 Å². The van der Waals surface area contributed by atoms with Crippen LogP contribution >= 0.6 is 11.8 Å². The summed E-state index contributed by atoms with van der Waals surface area (Å²) in [6.45, 7) is 0.376. The van der Waals surface area contributed by atoms with Crippen LogP contribution in [0.25, 0.3) is 0 Å². The number of rotatable bonds is 11. The molecule has 1 aromatic rings. The molecule has 0 spiro atoms. The summed E-state index contributed by atoms with van der Waals surface area (Å²) in [5.41, 5.74) is 13.7. The second-order valence-electron chi connectivity index (χ2n) is 11.5. The third-order valence-corrected chi connectivity index (χ3v) is 8.01. The number of carbonyl (C=O) groups excluding carboxylic acids is 8. The number of primary amides is 1. The van der Waals surface area contributed by atoms with Crippen molar-refractivity contribution in [3.05, 3.63) is 35.9 Å². The number of nitrogens with two attached hydrogens (primary N) is 2. The van der Waals surface area contributed by atoms with Crippen LogP contribution in [0.15, 0.2) is 30.3 Å². The maximum Gasteiger partial charge on any atom is 0.266 e. The molecule has 1 aliphatic heterocycles. The maximum absolute atomic E-state index is 13.4. The normalized spacial score (nSPS) is 23.7. The molecule has 0 unspecified atom stereocenters. The quantitative estimate of drug-likeness (QED) is 0.102. The van der Waals surface area contributed by atoms with Crippen molar-refractivity contribution in [3.63, 3.8) is 0 Å². The molecule has 1 aromatic carbocycles. The van der Waals surface area contributed by atoms with Crippen LogP contribution in [0.1, 0.15) is 44.6 Å². The molecular weight excluding hydrogens is 674 g/mol. The molecule has 2 rings (SSSR count). The molecule has 0 aromatic heterocycles. The lowest BCUT2D eigenvalue weighted by Crippen LogP contribution is -2.59. The van der Waals surface area contributed by atoms with E-state index in [-0.39, 0.29) is 19.3 Å². The minimum atomic E-state index is -1.52. The monoisotopic (exact) mass is 721 g/mol. The van der Waals surface area contributed by atoms with Gasteiger partial charge in [0.2, 0.25) is 41.4 Å². The van der Waals surface area contributed by atoms with Gasteiger partial charge in [-0.25, -0.2) is 5.48 Å². The summed E-state index contributed by atoms with van der Waals surface area (Å²) in [5, 5.41) is 14.9. The molecule has 11 N–H and O–H groups in total. The highest BCUT2D eigenvalue weighted by Crippen LogP contribution is 2.08. The zero-order chi connectivity index (χ0) is 37.1. The highest BCUT2D eigenvalue weighted by molar-refractivity contribution is 7.98. The summed E-state index contributed by atoms with van der Waals surface area (Å²) >= 11 is 1.39. The van der Waals surface area contributed by atoms with Crippen molar-refractivity contribution >= 4 is 59.0 Å². The molecule has 8 amide bonds. The highest BCUT2D eigenvalue weighted by Gasteiger charge is 2.31. The lowest BCUT2D eigenvalue weighted by Gasteiger charge is -2.26. The zero-order valence-corrected chi connectivity index (χ0v) is 28.9. The van der Waals surface area contributed by atoms with E-state index in [2.05, 4.69) is 37.4 Å². The van der Waals surface area contributed by atoms with Crippen molar-refractivity contribution in [2.45, 2.75) is 75.7 Å². The molecule has 19 heteroatoms. The first-order chi connectivity index (χ1) is 23.8. The molecule has 0 radical (unpaired) electrons. The third-order valence-electron chi connectivity index (χ3n) is 7.37. The first-order valence-electron chi connectivity index (χ1n) is 16.0. The second kappa shape index (κ2) is 22.1. The Labute approximate surface area is 294 Å². The van der Waals surface area contributed by atoms with Crippen molar-refractivity contribution in [1.29, 1.82) is 0 Å². The Hall–Kier alpha value is -4.75. The fraction of sp³-hybridized carbons (Fsp3) is 0.548. The Balaban J connectivity index is 2.39. The topological polar surface area (TPSA) is 282 Å². The van der Waals surface area contributed by atoms with Crippen LogP contribution in [-0.2, 0) is 49.6 Å². The Morgan fingerprint density at radius 2 is 1.40 bits per heavy atom.